The highest BCUT2D eigenvalue weighted by Crippen LogP contribution is 2.11. The summed E-state index contributed by atoms with van der Waals surface area (Å²) >= 11 is 11.6. The lowest BCUT2D eigenvalue weighted by Crippen LogP contribution is -2.08. The van der Waals surface area contributed by atoms with Gasteiger partial charge in [0.25, 0.3) is 0 Å². The zero-order valence-electron chi connectivity index (χ0n) is 7.79. The van der Waals surface area contributed by atoms with Crippen LogP contribution in [0.3, 0.4) is 0 Å². The van der Waals surface area contributed by atoms with Gasteiger partial charge in [-0.15, -0.1) is 23.2 Å². The monoisotopic (exact) mass is 233 g/mol. The topological polar surface area (TPSA) is 51.8 Å². The number of hydrogen-bond donors (Lipinski definition) is 1. The lowest BCUT2D eigenvalue weighted by molar-refractivity contribution is 0.705. The fourth-order valence-electron chi connectivity index (χ4n) is 1.11. The number of alkyl halides is 2. The summed E-state index contributed by atoms with van der Waals surface area (Å²) in [5, 5.41) is 0.0375. The van der Waals surface area contributed by atoms with Gasteiger partial charge in [0.1, 0.15) is 11.6 Å². The van der Waals surface area contributed by atoms with Gasteiger partial charge in [0.2, 0.25) is 0 Å². The molecule has 1 heterocycles. The number of nitrogens with two attached hydrogens (primary N) is 1. The quantitative estimate of drug-likeness (QED) is 0.794. The first-order valence-electron chi connectivity index (χ1n) is 4.50. The van der Waals surface area contributed by atoms with Crippen LogP contribution >= 0.6 is 23.2 Å². The number of nitrogens with zero attached hydrogens (tertiary/aromatic N) is 2. The molecule has 5 heteroatoms. The largest absolute Gasteiger partial charge is 0.384 e. The van der Waals surface area contributed by atoms with Gasteiger partial charge >= 0.3 is 0 Å². The number of anilines is 1. The molecule has 0 amide bonds. The highest BCUT2D eigenvalue weighted by atomic mass is 35.5. The second-order valence-corrected chi connectivity index (χ2v) is 4.03. The molecule has 0 aliphatic carbocycles. The van der Waals surface area contributed by atoms with Crippen molar-refractivity contribution in [2.75, 3.05) is 11.6 Å². The van der Waals surface area contributed by atoms with E-state index in [4.69, 9.17) is 28.9 Å². The lowest BCUT2D eigenvalue weighted by atomic mass is 10.2. The molecule has 0 radical (unpaired) electrons. The van der Waals surface area contributed by atoms with Crippen LogP contribution in [-0.4, -0.2) is 21.2 Å². The van der Waals surface area contributed by atoms with Crippen LogP contribution in [-0.2, 0) is 6.42 Å². The Hall–Kier alpha value is -0.540. The summed E-state index contributed by atoms with van der Waals surface area (Å²) in [4.78, 5) is 8.15. The zero-order valence-corrected chi connectivity index (χ0v) is 9.30. The van der Waals surface area contributed by atoms with E-state index < -0.39 is 0 Å². The van der Waals surface area contributed by atoms with E-state index in [1.165, 1.54) is 0 Å². The third-order valence-corrected chi connectivity index (χ3v) is 2.42. The van der Waals surface area contributed by atoms with E-state index in [1.807, 2.05) is 0 Å². The molecule has 0 saturated heterocycles. The van der Waals surface area contributed by atoms with Crippen molar-refractivity contribution in [2.45, 2.75) is 24.6 Å². The molecule has 0 fully saturated rings. The average molecular weight is 234 g/mol. The summed E-state index contributed by atoms with van der Waals surface area (Å²) in [6.45, 7) is 0. The fraction of sp³-hybridized carbons (Fsp3) is 0.556. The van der Waals surface area contributed by atoms with Gasteiger partial charge in [-0.3, -0.25) is 0 Å². The van der Waals surface area contributed by atoms with Crippen LogP contribution < -0.4 is 5.73 Å². The molecular weight excluding hydrogens is 221 g/mol. The molecular formula is C9H13Cl2N3. The summed E-state index contributed by atoms with van der Waals surface area (Å²) in [5.41, 5.74) is 5.52. The van der Waals surface area contributed by atoms with Crippen LogP contribution in [0, 0.1) is 0 Å². The van der Waals surface area contributed by atoms with Gasteiger partial charge in [-0.2, -0.15) is 0 Å². The SMILES string of the molecule is Nc1ccnc(CC(Cl)CCCCl)n1. The van der Waals surface area contributed by atoms with Crippen molar-refractivity contribution in [1.82, 2.24) is 9.97 Å². The highest BCUT2D eigenvalue weighted by Gasteiger charge is 2.07. The maximum atomic E-state index is 6.07. The summed E-state index contributed by atoms with van der Waals surface area (Å²) in [5.74, 6) is 1.82. The Kier molecular flexibility index (Phi) is 4.98. The van der Waals surface area contributed by atoms with Crippen molar-refractivity contribution in [1.29, 1.82) is 0 Å². The first kappa shape index (κ1) is 11.5. The molecule has 0 spiro atoms. The van der Waals surface area contributed by atoms with Gasteiger partial charge < -0.3 is 5.73 Å². The zero-order chi connectivity index (χ0) is 10.4. The summed E-state index contributed by atoms with van der Waals surface area (Å²) in [6.07, 6.45) is 4.08. The van der Waals surface area contributed by atoms with Crippen molar-refractivity contribution < 1.29 is 0 Å². The number of hydrogen-bond acceptors (Lipinski definition) is 3. The van der Waals surface area contributed by atoms with Crippen molar-refractivity contribution in [3.8, 4) is 0 Å². The smallest absolute Gasteiger partial charge is 0.132 e. The van der Waals surface area contributed by atoms with E-state index in [1.54, 1.807) is 12.3 Å². The molecule has 0 bridgehead atoms. The molecule has 2 N–H and O–H groups in total. The Bertz CT molecular complexity index is 281. The van der Waals surface area contributed by atoms with E-state index in [0.717, 1.165) is 12.8 Å². The molecule has 1 aromatic heterocycles. The Morgan fingerprint density at radius 3 is 2.93 bits per heavy atom. The lowest BCUT2D eigenvalue weighted by Gasteiger charge is -2.06. The Morgan fingerprint density at radius 2 is 2.29 bits per heavy atom. The van der Waals surface area contributed by atoms with Gasteiger partial charge in [0.05, 0.1) is 0 Å². The normalized spacial score (nSPS) is 12.7. The molecule has 78 valence electrons. The molecule has 0 saturated carbocycles. The maximum Gasteiger partial charge on any atom is 0.132 e. The first-order chi connectivity index (χ1) is 6.72. The van der Waals surface area contributed by atoms with Crippen molar-refractivity contribution in [3.63, 3.8) is 0 Å². The number of rotatable bonds is 5. The second-order valence-electron chi connectivity index (χ2n) is 3.03. The van der Waals surface area contributed by atoms with E-state index >= 15 is 0 Å². The van der Waals surface area contributed by atoms with Crippen LogP contribution in [0.15, 0.2) is 12.3 Å². The minimum Gasteiger partial charge on any atom is -0.384 e. The molecule has 3 nitrogen and oxygen atoms in total. The molecule has 0 aliphatic heterocycles. The Labute approximate surface area is 93.6 Å². The van der Waals surface area contributed by atoms with E-state index in [9.17, 15) is 0 Å². The minimum absolute atomic E-state index is 0.0375. The third kappa shape index (κ3) is 4.11. The van der Waals surface area contributed by atoms with Crippen LogP contribution in [0.4, 0.5) is 5.82 Å². The van der Waals surface area contributed by atoms with Gasteiger partial charge in [0.15, 0.2) is 0 Å². The molecule has 0 aliphatic rings. The summed E-state index contributed by atoms with van der Waals surface area (Å²) in [6, 6.07) is 1.66. The van der Waals surface area contributed by atoms with Gasteiger partial charge in [0, 0.05) is 23.9 Å². The molecule has 14 heavy (non-hydrogen) atoms. The van der Waals surface area contributed by atoms with Crippen LogP contribution in [0.25, 0.3) is 0 Å². The Balaban J connectivity index is 2.43. The number of halogens is 2. The molecule has 1 atom stereocenters. The van der Waals surface area contributed by atoms with E-state index in [2.05, 4.69) is 9.97 Å². The van der Waals surface area contributed by atoms with Gasteiger partial charge in [-0.1, -0.05) is 0 Å². The first-order valence-corrected chi connectivity index (χ1v) is 5.47. The number of aromatic nitrogens is 2. The third-order valence-electron chi connectivity index (χ3n) is 1.78. The summed E-state index contributed by atoms with van der Waals surface area (Å²) in [7, 11) is 0. The van der Waals surface area contributed by atoms with Crippen molar-refractivity contribution in [2.24, 2.45) is 0 Å². The molecule has 1 rings (SSSR count). The van der Waals surface area contributed by atoms with Crippen LogP contribution in [0.1, 0.15) is 18.7 Å². The van der Waals surface area contributed by atoms with Gasteiger partial charge in [-0.05, 0) is 18.9 Å². The molecule has 1 aromatic rings. The second kappa shape index (κ2) is 6.04. The standard InChI is InChI=1S/C9H13Cl2N3/c10-4-1-2-7(11)6-9-13-5-3-8(12)14-9/h3,5,7H,1-2,4,6H2,(H2,12,13,14). The maximum absolute atomic E-state index is 6.07. The fourth-order valence-corrected chi connectivity index (χ4v) is 1.56. The van der Waals surface area contributed by atoms with Gasteiger partial charge in [-0.25, -0.2) is 9.97 Å². The van der Waals surface area contributed by atoms with Crippen molar-refractivity contribution >= 4 is 29.0 Å². The van der Waals surface area contributed by atoms with Crippen molar-refractivity contribution in [3.05, 3.63) is 18.1 Å². The minimum atomic E-state index is 0.0375. The highest BCUT2D eigenvalue weighted by molar-refractivity contribution is 6.20. The summed E-state index contributed by atoms with van der Waals surface area (Å²) < 4.78 is 0. The average Bonchev–Trinajstić information content (AvgIpc) is 2.15. The van der Waals surface area contributed by atoms with Crippen LogP contribution in [0.5, 0.6) is 0 Å². The number of nitrogen functional groups attached to an aromatic ring is 1. The Morgan fingerprint density at radius 1 is 1.50 bits per heavy atom. The molecule has 1 unspecified atom stereocenters. The van der Waals surface area contributed by atoms with Crippen LogP contribution in [0.2, 0.25) is 0 Å². The molecule has 0 aromatic carbocycles. The van der Waals surface area contributed by atoms with E-state index in [-0.39, 0.29) is 5.38 Å². The van der Waals surface area contributed by atoms with E-state index in [0.29, 0.717) is 23.9 Å². The predicted molar refractivity (Wildman–Crippen MR) is 59.7 cm³/mol. The predicted octanol–water partition coefficient (Wildman–Crippen LogP) is 2.23.